The standard InChI is InChI=1S/C11H22N2O3/c1-15-8-6-13-11(14)4-5-12-10-3-2-7-16-9-10/h10,12H,2-9H2,1H3,(H,13,14). The van der Waals surface area contributed by atoms with Gasteiger partial charge in [-0.1, -0.05) is 0 Å². The number of rotatable bonds is 7. The molecule has 0 spiro atoms. The lowest BCUT2D eigenvalue weighted by Gasteiger charge is -2.23. The lowest BCUT2D eigenvalue weighted by atomic mass is 10.1. The van der Waals surface area contributed by atoms with Gasteiger partial charge in [-0.25, -0.2) is 0 Å². The van der Waals surface area contributed by atoms with Gasteiger partial charge in [-0.2, -0.15) is 0 Å². The summed E-state index contributed by atoms with van der Waals surface area (Å²) >= 11 is 0. The molecule has 5 heteroatoms. The Kier molecular flexibility index (Phi) is 7.12. The molecule has 5 nitrogen and oxygen atoms in total. The van der Waals surface area contributed by atoms with Crippen LogP contribution in [0.15, 0.2) is 0 Å². The van der Waals surface area contributed by atoms with Gasteiger partial charge in [0.25, 0.3) is 0 Å². The first-order valence-corrected chi connectivity index (χ1v) is 5.89. The van der Waals surface area contributed by atoms with Gasteiger partial charge in [-0.3, -0.25) is 4.79 Å². The van der Waals surface area contributed by atoms with Crippen molar-refractivity contribution < 1.29 is 14.3 Å². The van der Waals surface area contributed by atoms with Gasteiger partial charge in [0, 0.05) is 39.3 Å². The molecule has 1 aliphatic rings. The van der Waals surface area contributed by atoms with Gasteiger partial charge in [0.1, 0.15) is 0 Å². The lowest BCUT2D eigenvalue weighted by molar-refractivity contribution is -0.121. The molecule has 0 radical (unpaired) electrons. The van der Waals surface area contributed by atoms with E-state index in [1.807, 2.05) is 0 Å². The molecule has 0 aliphatic carbocycles. The first kappa shape index (κ1) is 13.4. The first-order chi connectivity index (χ1) is 7.83. The molecule has 1 atom stereocenters. The molecule has 1 saturated heterocycles. The fourth-order valence-electron chi connectivity index (χ4n) is 1.67. The van der Waals surface area contributed by atoms with E-state index in [1.165, 1.54) is 0 Å². The number of methoxy groups -OCH3 is 1. The SMILES string of the molecule is COCCNC(=O)CCNC1CCCOC1. The van der Waals surface area contributed by atoms with Crippen LogP contribution in [0, 0.1) is 0 Å². The molecule has 0 saturated carbocycles. The molecular formula is C11H22N2O3. The van der Waals surface area contributed by atoms with Gasteiger partial charge < -0.3 is 20.1 Å². The van der Waals surface area contributed by atoms with E-state index in [1.54, 1.807) is 7.11 Å². The van der Waals surface area contributed by atoms with E-state index < -0.39 is 0 Å². The minimum Gasteiger partial charge on any atom is -0.383 e. The molecule has 0 bridgehead atoms. The Morgan fingerprint density at radius 3 is 3.06 bits per heavy atom. The molecule has 1 rings (SSSR count). The molecule has 1 amide bonds. The molecule has 94 valence electrons. The number of hydrogen-bond donors (Lipinski definition) is 2. The van der Waals surface area contributed by atoms with Gasteiger partial charge in [0.05, 0.1) is 13.2 Å². The smallest absolute Gasteiger partial charge is 0.221 e. The highest BCUT2D eigenvalue weighted by atomic mass is 16.5. The number of hydrogen-bond acceptors (Lipinski definition) is 4. The summed E-state index contributed by atoms with van der Waals surface area (Å²) in [5.41, 5.74) is 0. The van der Waals surface area contributed by atoms with Gasteiger partial charge in [0.15, 0.2) is 0 Å². The third kappa shape index (κ3) is 6.05. The summed E-state index contributed by atoms with van der Waals surface area (Å²) in [7, 11) is 1.62. The Labute approximate surface area is 96.9 Å². The number of amides is 1. The van der Waals surface area contributed by atoms with Crippen molar-refractivity contribution in [2.45, 2.75) is 25.3 Å². The highest BCUT2D eigenvalue weighted by Crippen LogP contribution is 2.05. The van der Waals surface area contributed by atoms with E-state index in [9.17, 15) is 4.79 Å². The zero-order chi connectivity index (χ0) is 11.6. The van der Waals surface area contributed by atoms with Crippen LogP contribution < -0.4 is 10.6 Å². The zero-order valence-electron chi connectivity index (χ0n) is 9.96. The van der Waals surface area contributed by atoms with Gasteiger partial charge in [-0.15, -0.1) is 0 Å². The van der Waals surface area contributed by atoms with E-state index in [2.05, 4.69) is 10.6 Å². The maximum absolute atomic E-state index is 11.3. The molecule has 0 aromatic carbocycles. The maximum atomic E-state index is 11.3. The largest absolute Gasteiger partial charge is 0.383 e. The Hall–Kier alpha value is -0.650. The quantitative estimate of drug-likeness (QED) is 0.600. The highest BCUT2D eigenvalue weighted by molar-refractivity contribution is 5.76. The predicted molar refractivity (Wildman–Crippen MR) is 61.3 cm³/mol. The number of carbonyl (C=O) groups excluding carboxylic acids is 1. The van der Waals surface area contributed by atoms with Crippen molar-refractivity contribution in [2.24, 2.45) is 0 Å². The molecule has 1 unspecified atom stereocenters. The zero-order valence-corrected chi connectivity index (χ0v) is 9.96. The third-order valence-corrected chi connectivity index (χ3v) is 2.57. The Morgan fingerprint density at radius 1 is 1.50 bits per heavy atom. The van der Waals surface area contributed by atoms with Crippen molar-refractivity contribution in [1.82, 2.24) is 10.6 Å². The summed E-state index contributed by atoms with van der Waals surface area (Å²) < 4.78 is 10.2. The summed E-state index contributed by atoms with van der Waals surface area (Å²) in [4.78, 5) is 11.3. The summed E-state index contributed by atoms with van der Waals surface area (Å²) in [6, 6.07) is 0.417. The van der Waals surface area contributed by atoms with Crippen LogP contribution in [-0.4, -0.2) is 52.0 Å². The van der Waals surface area contributed by atoms with Crippen LogP contribution in [-0.2, 0) is 14.3 Å². The molecule has 1 aliphatic heterocycles. The second kappa shape index (κ2) is 8.50. The summed E-state index contributed by atoms with van der Waals surface area (Å²) in [6.07, 6.45) is 2.77. The van der Waals surface area contributed by atoms with Crippen molar-refractivity contribution in [3.8, 4) is 0 Å². The molecular weight excluding hydrogens is 208 g/mol. The Balaban J connectivity index is 1.94. The van der Waals surface area contributed by atoms with Crippen molar-refractivity contribution in [3.05, 3.63) is 0 Å². The topological polar surface area (TPSA) is 59.6 Å². The lowest BCUT2D eigenvalue weighted by Crippen LogP contribution is -2.39. The van der Waals surface area contributed by atoms with Crippen LogP contribution in [0.4, 0.5) is 0 Å². The fraction of sp³-hybridized carbons (Fsp3) is 0.909. The van der Waals surface area contributed by atoms with Crippen molar-refractivity contribution >= 4 is 5.91 Å². The van der Waals surface area contributed by atoms with Gasteiger partial charge in [-0.05, 0) is 12.8 Å². The maximum Gasteiger partial charge on any atom is 0.221 e. The second-order valence-electron chi connectivity index (χ2n) is 3.96. The third-order valence-electron chi connectivity index (χ3n) is 2.57. The minimum atomic E-state index is 0.0706. The summed E-state index contributed by atoms with van der Waals surface area (Å²) in [6.45, 7) is 3.51. The van der Waals surface area contributed by atoms with E-state index >= 15 is 0 Å². The van der Waals surface area contributed by atoms with Crippen LogP contribution in [0.5, 0.6) is 0 Å². The van der Waals surface area contributed by atoms with Crippen molar-refractivity contribution in [2.75, 3.05) is 40.0 Å². The summed E-state index contributed by atoms with van der Waals surface area (Å²) in [5, 5.41) is 6.11. The van der Waals surface area contributed by atoms with Crippen LogP contribution in [0.2, 0.25) is 0 Å². The predicted octanol–water partition coefficient (Wildman–Crippen LogP) is -0.0923. The average Bonchev–Trinajstić information content (AvgIpc) is 2.31. The van der Waals surface area contributed by atoms with E-state index in [0.717, 1.165) is 26.1 Å². The van der Waals surface area contributed by atoms with Crippen molar-refractivity contribution in [1.29, 1.82) is 0 Å². The molecule has 16 heavy (non-hydrogen) atoms. The minimum absolute atomic E-state index is 0.0706. The first-order valence-electron chi connectivity index (χ1n) is 5.89. The normalized spacial score (nSPS) is 20.7. The van der Waals surface area contributed by atoms with E-state index in [0.29, 0.717) is 32.2 Å². The average molecular weight is 230 g/mol. The van der Waals surface area contributed by atoms with Gasteiger partial charge >= 0.3 is 0 Å². The number of ether oxygens (including phenoxy) is 2. The fourth-order valence-corrected chi connectivity index (χ4v) is 1.67. The second-order valence-corrected chi connectivity index (χ2v) is 3.96. The van der Waals surface area contributed by atoms with Crippen molar-refractivity contribution in [3.63, 3.8) is 0 Å². The molecule has 1 fully saturated rings. The van der Waals surface area contributed by atoms with E-state index in [-0.39, 0.29) is 5.91 Å². The molecule has 0 aromatic rings. The Morgan fingerprint density at radius 2 is 2.38 bits per heavy atom. The van der Waals surface area contributed by atoms with Crippen LogP contribution >= 0.6 is 0 Å². The van der Waals surface area contributed by atoms with Crippen LogP contribution in [0.25, 0.3) is 0 Å². The number of carbonyl (C=O) groups is 1. The number of nitrogens with one attached hydrogen (secondary N) is 2. The monoisotopic (exact) mass is 230 g/mol. The molecule has 1 heterocycles. The molecule has 2 N–H and O–H groups in total. The summed E-state index contributed by atoms with van der Waals surface area (Å²) in [5.74, 6) is 0.0706. The Bertz CT molecular complexity index is 194. The highest BCUT2D eigenvalue weighted by Gasteiger charge is 2.12. The van der Waals surface area contributed by atoms with Gasteiger partial charge in [0.2, 0.25) is 5.91 Å². The molecule has 0 aromatic heterocycles. The van der Waals surface area contributed by atoms with E-state index in [4.69, 9.17) is 9.47 Å². The van der Waals surface area contributed by atoms with Crippen LogP contribution in [0.3, 0.4) is 0 Å². The van der Waals surface area contributed by atoms with Crippen LogP contribution in [0.1, 0.15) is 19.3 Å².